The Morgan fingerprint density at radius 2 is 2.05 bits per heavy atom. The molecular weight excluding hydrogens is 256 g/mol. The minimum atomic E-state index is 0.548. The largest absolute Gasteiger partial charge is 0.497 e. The van der Waals surface area contributed by atoms with Crippen molar-refractivity contribution >= 4 is 0 Å². The Hall–Kier alpha value is -2.63. The first-order valence-corrected chi connectivity index (χ1v) is 6.22. The second-order valence-corrected chi connectivity index (χ2v) is 4.40. The summed E-state index contributed by atoms with van der Waals surface area (Å²) in [5.74, 6) is 2.37. The normalized spacial score (nSPS) is 10.7. The van der Waals surface area contributed by atoms with E-state index >= 15 is 0 Å². The topological polar surface area (TPSA) is 66.0 Å². The maximum absolute atomic E-state index is 5.21. The summed E-state index contributed by atoms with van der Waals surface area (Å²) in [6, 6.07) is 9.54. The highest BCUT2D eigenvalue weighted by atomic mass is 16.5. The first-order chi connectivity index (χ1) is 9.76. The molecule has 102 valence electrons. The van der Waals surface area contributed by atoms with Crippen molar-refractivity contribution in [1.82, 2.24) is 19.9 Å². The molecule has 0 aliphatic heterocycles. The quantitative estimate of drug-likeness (QED) is 0.726. The summed E-state index contributed by atoms with van der Waals surface area (Å²) in [5.41, 5.74) is 1.78. The number of methoxy groups -OCH3 is 1. The third-order valence-corrected chi connectivity index (χ3v) is 2.94. The number of nitrogens with zero attached hydrogens (tertiary/aromatic N) is 4. The number of aromatic nitrogens is 4. The molecule has 0 saturated heterocycles. The molecule has 0 radical (unpaired) electrons. The maximum Gasteiger partial charge on any atom is 0.144 e. The van der Waals surface area contributed by atoms with Crippen molar-refractivity contribution in [2.45, 2.75) is 13.3 Å². The molecule has 6 heteroatoms. The predicted octanol–water partition coefficient (Wildman–Crippen LogP) is 2.16. The molecule has 2 heterocycles. The summed E-state index contributed by atoms with van der Waals surface area (Å²) < 4.78 is 12.1. The summed E-state index contributed by atoms with van der Waals surface area (Å²) in [6.45, 7) is 1.89. The molecule has 3 aromatic rings. The molecule has 20 heavy (non-hydrogen) atoms. The smallest absolute Gasteiger partial charge is 0.144 e. The Bertz CT molecular complexity index is 700. The lowest BCUT2D eigenvalue weighted by Gasteiger charge is -2.05. The molecule has 0 saturated carbocycles. The van der Waals surface area contributed by atoms with Crippen LogP contribution in [0.25, 0.3) is 5.69 Å². The van der Waals surface area contributed by atoms with Crippen molar-refractivity contribution in [2.24, 2.45) is 0 Å². The second kappa shape index (κ2) is 5.16. The van der Waals surface area contributed by atoms with E-state index in [-0.39, 0.29) is 0 Å². The highest BCUT2D eigenvalue weighted by Gasteiger charge is 2.10. The molecule has 0 amide bonds. The molecule has 0 spiro atoms. The number of hydrogen-bond donors (Lipinski definition) is 0. The minimum absolute atomic E-state index is 0.548. The Morgan fingerprint density at radius 3 is 2.70 bits per heavy atom. The van der Waals surface area contributed by atoms with Crippen molar-refractivity contribution < 1.29 is 9.26 Å². The monoisotopic (exact) mass is 270 g/mol. The standard InChI is InChI=1S/C14H14N4O2/c1-10-7-13(20-17-10)8-14-15-9-16-18(14)11-3-5-12(19-2)6-4-11/h3-7,9H,8H2,1-2H3. The Kier molecular flexibility index (Phi) is 3.20. The predicted molar refractivity (Wildman–Crippen MR) is 72.0 cm³/mol. The van der Waals surface area contributed by atoms with E-state index in [1.165, 1.54) is 6.33 Å². The zero-order valence-corrected chi connectivity index (χ0v) is 11.3. The molecule has 0 fully saturated rings. The van der Waals surface area contributed by atoms with Crippen LogP contribution in [0.1, 0.15) is 17.3 Å². The van der Waals surface area contributed by atoms with E-state index in [0.717, 1.165) is 28.7 Å². The fraction of sp³-hybridized carbons (Fsp3) is 0.214. The molecule has 0 aliphatic carbocycles. The van der Waals surface area contributed by atoms with E-state index in [2.05, 4.69) is 15.2 Å². The van der Waals surface area contributed by atoms with Crippen LogP contribution in [-0.2, 0) is 6.42 Å². The summed E-state index contributed by atoms with van der Waals surface area (Å²) in [7, 11) is 1.64. The third-order valence-electron chi connectivity index (χ3n) is 2.94. The number of hydrogen-bond acceptors (Lipinski definition) is 5. The maximum atomic E-state index is 5.21. The first kappa shape index (κ1) is 12.4. The first-order valence-electron chi connectivity index (χ1n) is 6.22. The van der Waals surface area contributed by atoms with E-state index < -0.39 is 0 Å². The van der Waals surface area contributed by atoms with Gasteiger partial charge in [-0.1, -0.05) is 5.16 Å². The molecule has 0 unspecified atom stereocenters. The van der Waals surface area contributed by atoms with E-state index in [4.69, 9.17) is 9.26 Å². The van der Waals surface area contributed by atoms with Crippen molar-refractivity contribution in [3.05, 3.63) is 53.9 Å². The van der Waals surface area contributed by atoms with Gasteiger partial charge in [-0.25, -0.2) is 9.67 Å². The molecule has 0 aliphatic rings. The lowest BCUT2D eigenvalue weighted by molar-refractivity contribution is 0.383. The number of aryl methyl sites for hydroxylation is 1. The van der Waals surface area contributed by atoms with Crippen LogP contribution in [0.5, 0.6) is 5.75 Å². The highest BCUT2D eigenvalue weighted by Crippen LogP contribution is 2.16. The number of rotatable bonds is 4. The van der Waals surface area contributed by atoms with Gasteiger partial charge >= 0.3 is 0 Å². The molecule has 1 aromatic carbocycles. The van der Waals surface area contributed by atoms with Crippen molar-refractivity contribution in [3.8, 4) is 11.4 Å². The van der Waals surface area contributed by atoms with Gasteiger partial charge in [-0.3, -0.25) is 0 Å². The molecule has 3 rings (SSSR count). The molecular formula is C14H14N4O2. The zero-order valence-electron chi connectivity index (χ0n) is 11.3. The lowest BCUT2D eigenvalue weighted by Crippen LogP contribution is -2.03. The Balaban J connectivity index is 1.88. The van der Waals surface area contributed by atoms with Crippen molar-refractivity contribution in [3.63, 3.8) is 0 Å². The van der Waals surface area contributed by atoms with Gasteiger partial charge in [0.1, 0.15) is 23.7 Å². The van der Waals surface area contributed by atoms with Crippen LogP contribution in [-0.4, -0.2) is 27.0 Å². The van der Waals surface area contributed by atoms with Crippen LogP contribution in [0, 0.1) is 6.92 Å². The van der Waals surface area contributed by atoms with Gasteiger partial charge in [0, 0.05) is 6.07 Å². The van der Waals surface area contributed by atoms with E-state index in [1.807, 2.05) is 37.3 Å². The third kappa shape index (κ3) is 2.40. The van der Waals surface area contributed by atoms with Crippen molar-refractivity contribution in [1.29, 1.82) is 0 Å². The van der Waals surface area contributed by atoms with Gasteiger partial charge in [0.15, 0.2) is 0 Å². The van der Waals surface area contributed by atoms with Crippen LogP contribution in [0.2, 0.25) is 0 Å². The van der Waals surface area contributed by atoms with E-state index in [1.54, 1.807) is 11.8 Å². The minimum Gasteiger partial charge on any atom is -0.497 e. The van der Waals surface area contributed by atoms with Crippen LogP contribution in [0.4, 0.5) is 0 Å². The van der Waals surface area contributed by atoms with Crippen LogP contribution < -0.4 is 4.74 Å². The Morgan fingerprint density at radius 1 is 1.25 bits per heavy atom. The number of benzene rings is 1. The Labute approximate surface area is 116 Å². The fourth-order valence-corrected chi connectivity index (χ4v) is 1.98. The summed E-state index contributed by atoms with van der Waals surface area (Å²) in [5, 5.41) is 8.12. The van der Waals surface area contributed by atoms with Gasteiger partial charge in [-0.05, 0) is 31.2 Å². The average molecular weight is 270 g/mol. The molecule has 0 atom stereocenters. The SMILES string of the molecule is COc1ccc(-n2ncnc2Cc2cc(C)no2)cc1. The fourth-order valence-electron chi connectivity index (χ4n) is 1.98. The summed E-state index contributed by atoms with van der Waals surface area (Å²) in [6.07, 6.45) is 2.08. The van der Waals surface area contributed by atoms with E-state index in [0.29, 0.717) is 6.42 Å². The summed E-state index contributed by atoms with van der Waals surface area (Å²) in [4.78, 5) is 4.27. The number of ether oxygens (including phenoxy) is 1. The van der Waals surface area contributed by atoms with Crippen molar-refractivity contribution in [2.75, 3.05) is 7.11 Å². The molecule has 0 bridgehead atoms. The average Bonchev–Trinajstić information content (AvgIpc) is 3.09. The molecule has 6 nitrogen and oxygen atoms in total. The summed E-state index contributed by atoms with van der Waals surface area (Å²) >= 11 is 0. The second-order valence-electron chi connectivity index (χ2n) is 4.40. The molecule has 2 aromatic heterocycles. The van der Waals surface area contributed by atoms with Gasteiger partial charge in [-0.2, -0.15) is 5.10 Å². The van der Waals surface area contributed by atoms with Crippen LogP contribution in [0.15, 0.2) is 41.2 Å². The lowest BCUT2D eigenvalue weighted by atomic mass is 10.2. The van der Waals surface area contributed by atoms with Crippen LogP contribution >= 0.6 is 0 Å². The zero-order chi connectivity index (χ0) is 13.9. The van der Waals surface area contributed by atoms with Gasteiger partial charge in [0.25, 0.3) is 0 Å². The van der Waals surface area contributed by atoms with Gasteiger partial charge < -0.3 is 9.26 Å². The highest BCUT2D eigenvalue weighted by molar-refractivity contribution is 5.37. The van der Waals surface area contributed by atoms with Gasteiger partial charge in [0.05, 0.1) is 24.9 Å². The van der Waals surface area contributed by atoms with E-state index in [9.17, 15) is 0 Å². The van der Waals surface area contributed by atoms with Gasteiger partial charge in [-0.15, -0.1) is 0 Å². The van der Waals surface area contributed by atoms with Gasteiger partial charge in [0.2, 0.25) is 0 Å². The molecule has 0 N–H and O–H groups in total. The van der Waals surface area contributed by atoms with Crippen LogP contribution in [0.3, 0.4) is 0 Å².